The number of aromatic nitrogens is 3. The molecule has 5 heteroatoms. The molecule has 1 amide bonds. The molecule has 3 aromatic heterocycles. The van der Waals surface area contributed by atoms with E-state index in [2.05, 4.69) is 15.3 Å². The highest BCUT2D eigenvalue weighted by Crippen LogP contribution is 2.33. The topological polar surface area (TPSA) is 70.7 Å². The van der Waals surface area contributed by atoms with Crippen molar-refractivity contribution in [3.05, 3.63) is 47.9 Å². The molecule has 0 aromatic carbocycles. The van der Waals surface area contributed by atoms with Crippen LogP contribution in [0.3, 0.4) is 0 Å². The monoisotopic (exact) mass is 278 g/mol. The molecular formula is C16H14N4O. The van der Waals surface area contributed by atoms with E-state index in [1.54, 1.807) is 6.20 Å². The van der Waals surface area contributed by atoms with Crippen LogP contribution in [0.5, 0.6) is 0 Å². The summed E-state index contributed by atoms with van der Waals surface area (Å²) in [4.78, 5) is 24.1. The first kappa shape index (κ1) is 12.1. The van der Waals surface area contributed by atoms with E-state index in [-0.39, 0.29) is 5.91 Å². The lowest BCUT2D eigenvalue weighted by Crippen LogP contribution is -2.33. The maximum absolute atomic E-state index is 11.9. The lowest BCUT2D eigenvalue weighted by atomic mass is 9.99. The van der Waals surface area contributed by atoms with Crippen LogP contribution < -0.4 is 5.32 Å². The van der Waals surface area contributed by atoms with Gasteiger partial charge in [0.05, 0.1) is 22.5 Å². The van der Waals surface area contributed by atoms with Gasteiger partial charge >= 0.3 is 0 Å². The summed E-state index contributed by atoms with van der Waals surface area (Å²) in [5.74, 6) is -0.0605. The van der Waals surface area contributed by atoms with Gasteiger partial charge in [-0.05, 0) is 38.1 Å². The molecule has 0 fully saturated rings. The van der Waals surface area contributed by atoms with Crippen LogP contribution in [0.4, 0.5) is 0 Å². The smallest absolute Gasteiger partial charge is 0.253 e. The molecule has 5 nitrogen and oxygen atoms in total. The Balaban J connectivity index is 1.94. The maximum Gasteiger partial charge on any atom is 0.253 e. The minimum atomic E-state index is -0.438. The number of fused-ring (bicyclic) bond motifs is 2. The van der Waals surface area contributed by atoms with Crippen LogP contribution in [0.2, 0.25) is 0 Å². The molecule has 0 radical (unpaired) electrons. The van der Waals surface area contributed by atoms with E-state index in [4.69, 9.17) is 4.98 Å². The zero-order chi connectivity index (χ0) is 14.6. The second-order valence-corrected chi connectivity index (χ2v) is 5.77. The predicted octanol–water partition coefficient (Wildman–Crippen LogP) is 2.60. The first-order valence-electron chi connectivity index (χ1n) is 6.83. The van der Waals surface area contributed by atoms with Crippen molar-refractivity contribution >= 4 is 16.9 Å². The van der Waals surface area contributed by atoms with E-state index < -0.39 is 5.54 Å². The Hall–Kier alpha value is -2.69. The summed E-state index contributed by atoms with van der Waals surface area (Å²) >= 11 is 0. The summed E-state index contributed by atoms with van der Waals surface area (Å²) in [6, 6.07) is 7.64. The highest BCUT2D eigenvalue weighted by atomic mass is 16.2. The molecule has 0 spiro atoms. The molecule has 4 heterocycles. The number of nitrogens with one attached hydrogen (secondary N) is 2. The van der Waals surface area contributed by atoms with Crippen molar-refractivity contribution in [2.24, 2.45) is 0 Å². The number of pyridine rings is 2. The molecule has 0 saturated heterocycles. The molecule has 0 unspecified atom stereocenters. The van der Waals surface area contributed by atoms with E-state index in [0.717, 1.165) is 28.0 Å². The lowest BCUT2D eigenvalue weighted by Gasteiger charge is -2.18. The van der Waals surface area contributed by atoms with Gasteiger partial charge in [0.25, 0.3) is 5.91 Å². The van der Waals surface area contributed by atoms with Crippen molar-refractivity contribution < 1.29 is 4.79 Å². The number of hydrogen-bond donors (Lipinski definition) is 2. The fourth-order valence-corrected chi connectivity index (χ4v) is 2.85. The Morgan fingerprint density at radius 3 is 2.86 bits per heavy atom. The third kappa shape index (κ3) is 1.67. The normalized spacial score (nSPS) is 16.0. The highest BCUT2D eigenvalue weighted by Gasteiger charge is 2.36. The Bertz CT molecular complexity index is 879. The molecule has 3 aromatic rings. The largest absolute Gasteiger partial charge is 0.345 e. The molecule has 0 atom stereocenters. The van der Waals surface area contributed by atoms with Gasteiger partial charge in [-0.1, -0.05) is 0 Å². The number of carbonyl (C=O) groups is 1. The molecular weight excluding hydrogens is 264 g/mol. The van der Waals surface area contributed by atoms with Crippen LogP contribution in [-0.2, 0) is 5.54 Å². The molecule has 4 rings (SSSR count). The average Bonchev–Trinajstić information content (AvgIpc) is 2.98. The summed E-state index contributed by atoms with van der Waals surface area (Å²) in [5.41, 5.74) is 3.69. The zero-order valence-corrected chi connectivity index (χ0v) is 11.8. The summed E-state index contributed by atoms with van der Waals surface area (Å²) in [6.07, 6.45) is 3.66. The maximum atomic E-state index is 11.9. The third-order valence-corrected chi connectivity index (χ3v) is 3.88. The van der Waals surface area contributed by atoms with E-state index >= 15 is 0 Å². The van der Waals surface area contributed by atoms with E-state index in [1.807, 2.05) is 44.3 Å². The van der Waals surface area contributed by atoms with Gasteiger partial charge in [-0.2, -0.15) is 0 Å². The molecule has 2 N–H and O–H groups in total. The zero-order valence-electron chi connectivity index (χ0n) is 11.8. The Morgan fingerprint density at radius 1 is 1.14 bits per heavy atom. The molecule has 0 aliphatic carbocycles. The fraction of sp³-hybridized carbons (Fsp3) is 0.188. The van der Waals surface area contributed by atoms with Gasteiger partial charge < -0.3 is 10.3 Å². The van der Waals surface area contributed by atoms with Gasteiger partial charge in [0.2, 0.25) is 0 Å². The number of rotatable bonds is 1. The van der Waals surface area contributed by atoms with Crippen molar-refractivity contribution in [1.82, 2.24) is 20.3 Å². The van der Waals surface area contributed by atoms with Crippen molar-refractivity contribution in [2.75, 3.05) is 0 Å². The predicted molar refractivity (Wildman–Crippen MR) is 79.8 cm³/mol. The number of hydrogen-bond acceptors (Lipinski definition) is 3. The van der Waals surface area contributed by atoms with Crippen LogP contribution in [0.1, 0.15) is 29.9 Å². The quantitative estimate of drug-likeness (QED) is 0.718. The van der Waals surface area contributed by atoms with Crippen molar-refractivity contribution in [1.29, 1.82) is 0 Å². The molecule has 0 saturated carbocycles. The highest BCUT2D eigenvalue weighted by molar-refractivity contribution is 6.00. The molecule has 1 aliphatic heterocycles. The number of amides is 1. The Labute approximate surface area is 121 Å². The minimum Gasteiger partial charge on any atom is -0.345 e. The van der Waals surface area contributed by atoms with Crippen LogP contribution in [0, 0.1) is 0 Å². The van der Waals surface area contributed by atoms with Crippen LogP contribution in [0.15, 0.2) is 36.7 Å². The summed E-state index contributed by atoms with van der Waals surface area (Å²) in [6.45, 7) is 3.93. The second-order valence-electron chi connectivity index (χ2n) is 5.77. The summed E-state index contributed by atoms with van der Waals surface area (Å²) < 4.78 is 0. The SMILES string of the molecule is CC1(C)NC(=O)c2ccc(-c3c[nH]c4ncccc34)nc21. The van der Waals surface area contributed by atoms with Gasteiger partial charge in [0.1, 0.15) is 5.65 Å². The minimum absolute atomic E-state index is 0.0605. The lowest BCUT2D eigenvalue weighted by molar-refractivity contribution is 0.0940. The van der Waals surface area contributed by atoms with Gasteiger partial charge in [-0.25, -0.2) is 9.97 Å². The fourth-order valence-electron chi connectivity index (χ4n) is 2.85. The van der Waals surface area contributed by atoms with Crippen LogP contribution in [0.25, 0.3) is 22.3 Å². The van der Waals surface area contributed by atoms with Gasteiger partial charge in [-0.3, -0.25) is 4.79 Å². The van der Waals surface area contributed by atoms with E-state index in [0.29, 0.717) is 5.56 Å². The molecule has 21 heavy (non-hydrogen) atoms. The van der Waals surface area contributed by atoms with Crippen molar-refractivity contribution in [3.63, 3.8) is 0 Å². The first-order chi connectivity index (χ1) is 10.1. The van der Waals surface area contributed by atoms with Crippen LogP contribution in [-0.4, -0.2) is 20.9 Å². The summed E-state index contributed by atoms with van der Waals surface area (Å²) in [5, 5.41) is 3.97. The van der Waals surface area contributed by atoms with E-state index in [9.17, 15) is 4.79 Å². The van der Waals surface area contributed by atoms with Gasteiger partial charge in [-0.15, -0.1) is 0 Å². The molecule has 104 valence electrons. The summed E-state index contributed by atoms with van der Waals surface area (Å²) in [7, 11) is 0. The van der Waals surface area contributed by atoms with E-state index in [1.165, 1.54) is 0 Å². The number of aromatic amines is 1. The van der Waals surface area contributed by atoms with Crippen molar-refractivity contribution in [3.8, 4) is 11.3 Å². The standard InChI is InChI=1S/C16H14N4O/c1-16(2)13-10(15(21)20-16)5-6-12(19-13)11-8-18-14-9(11)4-3-7-17-14/h3-8H,1-2H3,(H,17,18)(H,20,21). The number of carbonyl (C=O) groups excluding carboxylic acids is 1. The average molecular weight is 278 g/mol. The Kier molecular flexibility index (Phi) is 2.25. The van der Waals surface area contributed by atoms with Crippen LogP contribution >= 0.6 is 0 Å². The first-order valence-corrected chi connectivity index (χ1v) is 6.83. The van der Waals surface area contributed by atoms with Crippen molar-refractivity contribution in [2.45, 2.75) is 19.4 Å². The van der Waals surface area contributed by atoms with Gasteiger partial charge in [0, 0.05) is 23.3 Å². The Morgan fingerprint density at radius 2 is 2.00 bits per heavy atom. The molecule has 1 aliphatic rings. The number of nitrogens with zero attached hydrogens (tertiary/aromatic N) is 2. The second kappa shape index (κ2) is 3.91. The molecule has 0 bridgehead atoms. The van der Waals surface area contributed by atoms with Gasteiger partial charge in [0.15, 0.2) is 0 Å². The number of H-pyrrole nitrogens is 1. The third-order valence-electron chi connectivity index (χ3n) is 3.88.